The van der Waals surface area contributed by atoms with Crippen molar-refractivity contribution < 1.29 is 4.52 Å². The Morgan fingerprint density at radius 1 is 1.53 bits per heavy atom. The van der Waals surface area contributed by atoms with Gasteiger partial charge in [0.1, 0.15) is 12.3 Å². The summed E-state index contributed by atoms with van der Waals surface area (Å²) in [6.45, 7) is 3.68. The SMILES string of the molecule is C#CCn1nc(C)c2c(C)onc2c1=O. The average Bonchev–Trinajstić information content (AvgIpc) is 2.57. The maximum absolute atomic E-state index is 11.8. The number of rotatable bonds is 1. The number of hydrogen-bond acceptors (Lipinski definition) is 4. The Morgan fingerprint density at radius 2 is 2.27 bits per heavy atom. The zero-order valence-corrected chi connectivity index (χ0v) is 8.44. The van der Waals surface area contributed by atoms with Gasteiger partial charge in [0, 0.05) is 0 Å². The Hall–Kier alpha value is -2.09. The predicted molar refractivity (Wildman–Crippen MR) is 54.4 cm³/mol. The first-order valence-corrected chi connectivity index (χ1v) is 4.42. The van der Waals surface area contributed by atoms with E-state index in [1.807, 2.05) is 0 Å². The molecular formula is C10H9N3O2. The van der Waals surface area contributed by atoms with Crippen LogP contribution >= 0.6 is 0 Å². The molecule has 0 amide bonds. The van der Waals surface area contributed by atoms with Crippen LogP contribution in [0.3, 0.4) is 0 Å². The second-order valence-electron chi connectivity index (χ2n) is 3.21. The normalized spacial score (nSPS) is 10.5. The first-order chi connectivity index (χ1) is 7.15. The van der Waals surface area contributed by atoms with Crippen molar-refractivity contribution in [2.45, 2.75) is 20.4 Å². The molecule has 0 fully saturated rings. The molecule has 2 rings (SSSR count). The van der Waals surface area contributed by atoms with Crippen LogP contribution in [0.15, 0.2) is 9.32 Å². The van der Waals surface area contributed by atoms with Crippen LogP contribution in [0.5, 0.6) is 0 Å². The summed E-state index contributed by atoms with van der Waals surface area (Å²) in [5, 5.41) is 8.46. The van der Waals surface area contributed by atoms with Crippen LogP contribution in [-0.4, -0.2) is 14.9 Å². The van der Waals surface area contributed by atoms with E-state index in [1.165, 1.54) is 4.68 Å². The number of fused-ring (bicyclic) bond motifs is 1. The second-order valence-corrected chi connectivity index (χ2v) is 3.21. The summed E-state index contributed by atoms with van der Waals surface area (Å²) in [6.07, 6.45) is 5.14. The first kappa shape index (κ1) is 9.46. The molecule has 0 saturated heterocycles. The van der Waals surface area contributed by atoms with Crippen LogP contribution < -0.4 is 5.56 Å². The predicted octanol–water partition coefficient (Wildman–Crippen LogP) is 0.635. The molecule has 0 atom stereocenters. The largest absolute Gasteiger partial charge is 0.360 e. The van der Waals surface area contributed by atoms with E-state index in [0.717, 1.165) is 0 Å². The van der Waals surface area contributed by atoms with Crippen molar-refractivity contribution in [1.82, 2.24) is 14.9 Å². The minimum absolute atomic E-state index is 0.140. The van der Waals surface area contributed by atoms with Gasteiger partial charge >= 0.3 is 0 Å². The average molecular weight is 203 g/mol. The molecule has 15 heavy (non-hydrogen) atoms. The van der Waals surface area contributed by atoms with Gasteiger partial charge in [-0.05, 0) is 13.8 Å². The van der Waals surface area contributed by atoms with E-state index in [4.69, 9.17) is 10.9 Å². The molecule has 2 heterocycles. The summed E-state index contributed by atoms with van der Waals surface area (Å²) in [5.41, 5.74) is 0.666. The highest BCUT2D eigenvalue weighted by Gasteiger charge is 2.14. The molecule has 0 spiro atoms. The third-order valence-corrected chi connectivity index (χ3v) is 2.17. The fourth-order valence-electron chi connectivity index (χ4n) is 1.54. The Labute approximate surface area is 85.7 Å². The number of hydrogen-bond donors (Lipinski definition) is 0. The van der Waals surface area contributed by atoms with Crippen LogP contribution in [0.4, 0.5) is 0 Å². The number of terminal acetylenes is 1. The standard InChI is InChI=1S/C10H9N3O2/c1-4-5-13-10(14)9-8(6(2)11-13)7(3)15-12-9/h1H,5H2,2-3H3. The molecule has 0 aliphatic carbocycles. The molecule has 0 bridgehead atoms. The molecule has 0 saturated carbocycles. The van der Waals surface area contributed by atoms with Gasteiger partial charge in [-0.2, -0.15) is 5.10 Å². The highest BCUT2D eigenvalue weighted by Crippen LogP contribution is 2.16. The first-order valence-electron chi connectivity index (χ1n) is 4.42. The third-order valence-electron chi connectivity index (χ3n) is 2.17. The zero-order chi connectivity index (χ0) is 11.0. The van der Waals surface area contributed by atoms with Gasteiger partial charge in [-0.3, -0.25) is 4.79 Å². The monoisotopic (exact) mass is 203 g/mol. The second kappa shape index (κ2) is 3.24. The van der Waals surface area contributed by atoms with E-state index < -0.39 is 0 Å². The Kier molecular flexibility index (Phi) is 2.05. The lowest BCUT2D eigenvalue weighted by atomic mass is 10.2. The number of aryl methyl sites for hydroxylation is 2. The smallest absolute Gasteiger partial charge is 0.297 e. The molecule has 2 aromatic heterocycles. The van der Waals surface area contributed by atoms with Gasteiger partial charge in [-0.15, -0.1) is 6.42 Å². The Morgan fingerprint density at radius 3 is 2.93 bits per heavy atom. The van der Waals surface area contributed by atoms with E-state index in [2.05, 4.69) is 16.2 Å². The lowest BCUT2D eigenvalue weighted by molar-refractivity contribution is 0.405. The lowest BCUT2D eigenvalue weighted by Gasteiger charge is -2.01. The molecule has 0 aliphatic rings. The summed E-state index contributed by atoms with van der Waals surface area (Å²) >= 11 is 0. The van der Waals surface area contributed by atoms with Crippen LogP contribution in [0.1, 0.15) is 11.5 Å². The number of aromatic nitrogens is 3. The van der Waals surface area contributed by atoms with Gasteiger partial charge in [0.15, 0.2) is 5.52 Å². The van der Waals surface area contributed by atoms with E-state index in [1.54, 1.807) is 13.8 Å². The molecule has 2 aromatic rings. The Balaban J connectivity index is 2.87. The molecule has 0 unspecified atom stereocenters. The summed E-state index contributed by atoms with van der Waals surface area (Å²) < 4.78 is 6.16. The topological polar surface area (TPSA) is 60.9 Å². The molecule has 5 nitrogen and oxygen atoms in total. The highest BCUT2D eigenvalue weighted by molar-refractivity contribution is 5.81. The van der Waals surface area contributed by atoms with Gasteiger partial charge in [0.05, 0.1) is 11.1 Å². The molecule has 0 aliphatic heterocycles. The zero-order valence-electron chi connectivity index (χ0n) is 8.44. The summed E-state index contributed by atoms with van der Waals surface area (Å²) in [4.78, 5) is 11.8. The van der Waals surface area contributed by atoms with Crippen molar-refractivity contribution in [2.24, 2.45) is 0 Å². The summed E-state index contributed by atoms with van der Waals surface area (Å²) in [5.74, 6) is 2.96. The molecule has 0 radical (unpaired) electrons. The van der Waals surface area contributed by atoms with Crippen LogP contribution in [0, 0.1) is 26.2 Å². The molecule has 5 heteroatoms. The maximum atomic E-state index is 11.8. The Bertz CT molecular complexity index is 616. The minimum atomic E-state index is -0.314. The van der Waals surface area contributed by atoms with Crippen LogP contribution in [0.2, 0.25) is 0 Å². The third kappa shape index (κ3) is 1.31. The summed E-state index contributed by atoms with van der Waals surface area (Å²) in [6, 6.07) is 0. The number of nitrogens with zero attached hydrogens (tertiary/aromatic N) is 3. The van der Waals surface area contributed by atoms with E-state index in [-0.39, 0.29) is 17.6 Å². The van der Waals surface area contributed by atoms with Crippen molar-refractivity contribution in [3.05, 3.63) is 21.8 Å². The molecule has 0 aromatic carbocycles. The molecule has 0 N–H and O–H groups in total. The fraction of sp³-hybridized carbons (Fsp3) is 0.300. The van der Waals surface area contributed by atoms with Crippen LogP contribution in [-0.2, 0) is 6.54 Å². The summed E-state index contributed by atoms with van der Waals surface area (Å²) in [7, 11) is 0. The van der Waals surface area contributed by atoms with Gasteiger partial charge in [-0.1, -0.05) is 11.1 Å². The fourth-order valence-corrected chi connectivity index (χ4v) is 1.54. The van der Waals surface area contributed by atoms with E-state index in [9.17, 15) is 4.79 Å². The van der Waals surface area contributed by atoms with Crippen molar-refractivity contribution >= 4 is 10.9 Å². The van der Waals surface area contributed by atoms with Gasteiger partial charge in [-0.25, -0.2) is 4.68 Å². The van der Waals surface area contributed by atoms with Gasteiger partial charge in [0.2, 0.25) is 0 Å². The van der Waals surface area contributed by atoms with Gasteiger partial charge < -0.3 is 4.52 Å². The van der Waals surface area contributed by atoms with E-state index in [0.29, 0.717) is 16.8 Å². The van der Waals surface area contributed by atoms with Gasteiger partial charge in [0.25, 0.3) is 5.56 Å². The highest BCUT2D eigenvalue weighted by atomic mass is 16.5. The minimum Gasteiger partial charge on any atom is -0.360 e. The molecule has 76 valence electrons. The van der Waals surface area contributed by atoms with Crippen molar-refractivity contribution in [3.63, 3.8) is 0 Å². The lowest BCUT2D eigenvalue weighted by Crippen LogP contribution is -2.23. The maximum Gasteiger partial charge on any atom is 0.297 e. The quantitative estimate of drug-likeness (QED) is 0.638. The van der Waals surface area contributed by atoms with E-state index >= 15 is 0 Å². The van der Waals surface area contributed by atoms with Crippen molar-refractivity contribution in [2.75, 3.05) is 0 Å². The van der Waals surface area contributed by atoms with Crippen molar-refractivity contribution in [1.29, 1.82) is 0 Å². The van der Waals surface area contributed by atoms with Crippen molar-refractivity contribution in [3.8, 4) is 12.3 Å². The molecular weight excluding hydrogens is 194 g/mol. The van der Waals surface area contributed by atoms with Crippen LogP contribution in [0.25, 0.3) is 10.9 Å².